The van der Waals surface area contributed by atoms with E-state index in [1.165, 1.54) is 22.5 Å². The second-order valence-electron chi connectivity index (χ2n) is 4.58. The van der Waals surface area contributed by atoms with Crippen LogP contribution in [0.15, 0.2) is 27.6 Å². The minimum atomic E-state index is -3.85. The van der Waals surface area contributed by atoms with Crippen LogP contribution >= 0.6 is 15.9 Å². The van der Waals surface area contributed by atoms with Gasteiger partial charge in [-0.05, 0) is 19.2 Å². The number of rotatable bonds is 3. The summed E-state index contributed by atoms with van der Waals surface area (Å²) >= 11 is 3.16. The van der Waals surface area contributed by atoms with Gasteiger partial charge in [-0.25, -0.2) is 8.42 Å². The highest BCUT2D eigenvalue weighted by Gasteiger charge is 2.33. The van der Waals surface area contributed by atoms with Gasteiger partial charge in [-0.15, -0.1) is 0 Å². The maximum Gasteiger partial charge on any atom is 0.289 e. The summed E-state index contributed by atoms with van der Waals surface area (Å²) in [4.78, 5) is 12.1. The second kappa shape index (κ2) is 5.76. The third kappa shape index (κ3) is 3.00. The molecule has 9 heteroatoms. The number of halogens is 1. The van der Waals surface area contributed by atoms with Crippen molar-refractivity contribution in [3.63, 3.8) is 0 Å². The van der Waals surface area contributed by atoms with Crippen molar-refractivity contribution < 1.29 is 13.3 Å². The Kier molecular flexibility index (Phi) is 4.43. The summed E-state index contributed by atoms with van der Waals surface area (Å²) in [5, 5.41) is 11.0. The fourth-order valence-electron chi connectivity index (χ4n) is 2.01. The number of benzene rings is 1. The molecule has 0 aliphatic carbocycles. The Bertz CT molecular complexity index is 627. The number of nitro benzene ring substituents is 1. The van der Waals surface area contributed by atoms with Gasteiger partial charge in [-0.2, -0.15) is 4.31 Å². The molecule has 0 N–H and O–H groups in total. The Morgan fingerprint density at radius 2 is 1.85 bits per heavy atom. The van der Waals surface area contributed by atoms with Crippen molar-refractivity contribution >= 4 is 31.6 Å². The largest absolute Gasteiger partial charge is 0.304 e. The third-order valence-corrected chi connectivity index (χ3v) is 5.62. The van der Waals surface area contributed by atoms with Crippen LogP contribution in [0.4, 0.5) is 5.69 Å². The number of nitro groups is 1. The highest BCUT2D eigenvalue weighted by molar-refractivity contribution is 9.10. The van der Waals surface area contributed by atoms with E-state index in [1.807, 2.05) is 11.9 Å². The molecular formula is C11H14BrN3O4S. The summed E-state index contributed by atoms with van der Waals surface area (Å²) in [5.74, 6) is 0. The van der Waals surface area contributed by atoms with Crippen LogP contribution in [0.3, 0.4) is 0 Å². The third-order valence-electron chi connectivity index (χ3n) is 3.20. The van der Waals surface area contributed by atoms with Gasteiger partial charge in [-0.1, -0.05) is 15.9 Å². The molecule has 2 rings (SSSR count). The van der Waals surface area contributed by atoms with Crippen molar-refractivity contribution in [1.82, 2.24) is 9.21 Å². The molecule has 0 spiro atoms. The molecule has 0 unspecified atom stereocenters. The number of hydrogen-bond acceptors (Lipinski definition) is 5. The van der Waals surface area contributed by atoms with Crippen LogP contribution in [0.1, 0.15) is 0 Å². The van der Waals surface area contributed by atoms with Gasteiger partial charge in [0.1, 0.15) is 0 Å². The molecule has 1 aromatic rings. The van der Waals surface area contributed by atoms with Crippen molar-refractivity contribution in [3.8, 4) is 0 Å². The summed E-state index contributed by atoms with van der Waals surface area (Å²) < 4.78 is 26.9. The SMILES string of the molecule is CN1CCN(S(=O)(=O)c2cc(Br)ccc2[N+](=O)[O-])CC1. The van der Waals surface area contributed by atoms with E-state index < -0.39 is 20.6 Å². The molecule has 1 heterocycles. The van der Waals surface area contributed by atoms with Crippen molar-refractivity contribution in [3.05, 3.63) is 32.8 Å². The first kappa shape index (κ1) is 15.4. The summed E-state index contributed by atoms with van der Waals surface area (Å²) in [6.07, 6.45) is 0. The number of likely N-dealkylation sites (N-methyl/N-ethyl adjacent to an activating group) is 1. The van der Waals surface area contributed by atoms with Crippen LogP contribution in [0.25, 0.3) is 0 Å². The van der Waals surface area contributed by atoms with Gasteiger partial charge >= 0.3 is 0 Å². The summed E-state index contributed by atoms with van der Waals surface area (Å²) in [6, 6.07) is 3.94. The molecule has 0 aromatic heterocycles. The van der Waals surface area contributed by atoms with Crippen LogP contribution in [0.2, 0.25) is 0 Å². The number of piperazine rings is 1. The number of nitrogens with zero attached hydrogens (tertiary/aromatic N) is 3. The van der Waals surface area contributed by atoms with E-state index in [2.05, 4.69) is 15.9 Å². The van der Waals surface area contributed by atoms with Crippen molar-refractivity contribution in [1.29, 1.82) is 0 Å². The summed E-state index contributed by atoms with van der Waals surface area (Å²) in [6.45, 7) is 1.90. The Balaban J connectivity index is 2.43. The van der Waals surface area contributed by atoms with Gasteiger partial charge in [0, 0.05) is 36.7 Å². The Hall–Kier alpha value is -1.03. The van der Waals surface area contributed by atoms with Crippen LogP contribution < -0.4 is 0 Å². The Morgan fingerprint density at radius 3 is 2.40 bits per heavy atom. The first-order valence-electron chi connectivity index (χ1n) is 5.95. The van der Waals surface area contributed by atoms with Gasteiger partial charge in [0.05, 0.1) is 4.92 Å². The molecular weight excluding hydrogens is 350 g/mol. The lowest BCUT2D eigenvalue weighted by Crippen LogP contribution is -2.47. The van der Waals surface area contributed by atoms with Crippen LogP contribution in [0, 0.1) is 10.1 Å². The first-order valence-corrected chi connectivity index (χ1v) is 8.18. The molecule has 1 aliphatic heterocycles. The van der Waals surface area contributed by atoms with Crippen LogP contribution in [-0.4, -0.2) is 55.8 Å². The van der Waals surface area contributed by atoms with Crippen molar-refractivity contribution in [2.24, 2.45) is 0 Å². The predicted molar refractivity (Wildman–Crippen MR) is 77.1 cm³/mol. The molecule has 0 bridgehead atoms. The lowest BCUT2D eigenvalue weighted by molar-refractivity contribution is -0.387. The van der Waals surface area contributed by atoms with E-state index in [1.54, 1.807) is 0 Å². The van der Waals surface area contributed by atoms with E-state index >= 15 is 0 Å². The average molecular weight is 364 g/mol. The first-order chi connectivity index (χ1) is 9.32. The maximum atomic E-state index is 12.6. The molecule has 0 amide bonds. The van der Waals surface area contributed by atoms with Crippen LogP contribution in [0.5, 0.6) is 0 Å². The van der Waals surface area contributed by atoms with Crippen molar-refractivity contribution in [2.75, 3.05) is 33.2 Å². The minimum Gasteiger partial charge on any atom is -0.304 e. The normalized spacial score (nSPS) is 18.1. The standard InChI is InChI=1S/C11H14BrN3O4S/c1-13-4-6-14(7-5-13)20(18,19)11-8-9(12)2-3-10(11)15(16)17/h2-3,8H,4-7H2,1H3. The zero-order chi connectivity index (χ0) is 14.9. The van der Waals surface area contributed by atoms with Gasteiger partial charge in [0.15, 0.2) is 4.90 Å². The molecule has 110 valence electrons. The van der Waals surface area contributed by atoms with Crippen molar-refractivity contribution in [2.45, 2.75) is 4.90 Å². The molecule has 1 fully saturated rings. The Morgan fingerprint density at radius 1 is 1.25 bits per heavy atom. The van der Waals surface area contributed by atoms with E-state index in [9.17, 15) is 18.5 Å². The lowest BCUT2D eigenvalue weighted by Gasteiger charge is -2.31. The highest BCUT2D eigenvalue weighted by Crippen LogP contribution is 2.30. The van der Waals surface area contributed by atoms with E-state index in [-0.39, 0.29) is 4.90 Å². The molecule has 7 nitrogen and oxygen atoms in total. The zero-order valence-corrected chi connectivity index (χ0v) is 13.2. The molecule has 0 saturated carbocycles. The van der Waals surface area contributed by atoms with Gasteiger partial charge in [0.25, 0.3) is 5.69 Å². The molecule has 0 atom stereocenters. The molecule has 1 aromatic carbocycles. The quantitative estimate of drug-likeness (QED) is 0.596. The number of hydrogen-bond donors (Lipinski definition) is 0. The smallest absolute Gasteiger partial charge is 0.289 e. The lowest BCUT2D eigenvalue weighted by atomic mass is 10.3. The number of sulfonamides is 1. The fraction of sp³-hybridized carbons (Fsp3) is 0.455. The minimum absolute atomic E-state index is 0.263. The summed E-state index contributed by atoms with van der Waals surface area (Å²) in [7, 11) is -1.94. The molecule has 1 aliphatic rings. The van der Waals surface area contributed by atoms with E-state index in [0.717, 1.165) is 0 Å². The predicted octanol–water partition coefficient (Wildman–Crippen LogP) is 1.29. The van der Waals surface area contributed by atoms with Crippen LogP contribution in [-0.2, 0) is 10.0 Å². The van der Waals surface area contributed by atoms with E-state index in [0.29, 0.717) is 30.7 Å². The Labute approximate surface area is 125 Å². The monoisotopic (exact) mass is 363 g/mol. The van der Waals surface area contributed by atoms with E-state index in [4.69, 9.17) is 0 Å². The fourth-order valence-corrected chi connectivity index (χ4v) is 4.13. The second-order valence-corrected chi connectivity index (χ2v) is 7.40. The van der Waals surface area contributed by atoms with Gasteiger partial charge < -0.3 is 4.90 Å². The van der Waals surface area contributed by atoms with Gasteiger partial charge in [0.2, 0.25) is 10.0 Å². The molecule has 20 heavy (non-hydrogen) atoms. The molecule has 1 saturated heterocycles. The maximum absolute atomic E-state index is 12.6. The topological polar surface area (TPSA) is 83.8 Å². The summed E-state index contributed by atoms with van der Waals surface area (Å²) in [5.41, 5.74) is -0.396. The average Bonchev–Trinajstić information content (AvgIpc) is 2.38. The van der Waals surface area contributed by atoms with Gasteiger partial charge in [-0.3, -0.25) is 10.1 Å². The zero-order valence-electron chi connectivity index (χ0n) is 10.8. The molecule has 0 radical (unpaired) electrons. The highest BCUT2D eigenvalue weighted by atomic mass is 79.9.